The summed E-state index contributed by atoms with van der Waals surface area (Å²) in [6.45, 7) is 0.921. The van der Waals surface area contributed by atoms with Crippen molar-refractivity contribution in [1.29, 1.82) is 0 Å². The van der Waals surface area contributed by atoms with E-state index in [1.807, 2.05) is 0 Å². The van der Waals surface area contributed by atoms with Crippen molar-refractivity contribution in [3.8, 4) is 5.75 Å². The standard InChI is InChI=1S/C28H26N4O8S/c1-19-9-14-23(16-26(19)32(35)36)41(37,38)31(20-10-12-21(39-2)13-11-20)18-27(33)30-25-8-4-3-7-24(25)28(34)29-17-22-6-5-15-40-22/h3-16H,17-18H2,1-2H3,(H,29,34)(H,30,33). The largest absolute Gasteiger partial charge is 0.497 e. The van der Waals surface area contributed by atoms with E-state index in [1.165, 1.54) is 68.8 Å². The van der Waals surface area contributed by atoms with E-state index in [0.29, 0.717) is 11.5 Å². The summed E-state index contributed by atoms with van der Waals surface area (Å²) in [6.07, 6.45) is 1.48. The number of nitrogens with one attached hydrogen (secondary N) is 2. The molecule has 0 bridgehead atoms. The molecule has 0 aliphatic heterocycles. The zero-order valence-electron chi connectivity index (χ0n) is 22.1. The van der Waals surface area contributed by atoms with Crippen molar-refractivity contribution in [2.24, 2.45) is 0 Å². The van der Waals surface area contributed by atoms with Gasteiger partial charge in [0.25, 0.3) is 21.6 Å². The minimum absolute atomic E-state index is 0.119. The first kappa shape index (κ1) is 28.8. The van der Waals surface area contributed by atoms with Gasteiger partial charge in [0, 0.05) is 11.6 Å². The van der Waals surface area contributed by atoms with E-state index in [4.69, 9.17) is 9.15 Å². The number of carbonyl (C=O) groups excluding carboxylic acids is 2. The van der Waals surface area contributed by atoms with Gasteiger partial charge >= 0.3 is 0 Å². The number of ether oxygens (including phenoxy) is 1. The highest BCUT2D eigenvalue weighted by Gasteiger charge is 2.30. The van der Waals surface area contributed by atoms with Crippen LogP contribution < -0.4 is 19.7 Å². The van der Waals surface area contributed by atoms with Gasteiger partial charge in [-0.1, -0.05) is 18.2 Å². The maximum Gasteiger partial charge on any atom is 0.273 e. The minimum Gasteiger partial charge on any atom is -0.497 e. The zero-order chi connectivity index (χ0) is 29.6. The maximum absolute atomic E-state index is 13.8. The quantitative estimate of drug-likeness (QED) is 0.197. The van der Waals surface area contributed by atoms with Crippen LogP contribution in [0.4, 0.5) is 17.1 Å². The number of methoxy groups -OCH3 is 1. The summed E-state index contributed by atoms with van der Waals surface area (Å²) < 4.78 is 38.7. The number of rotatable bonds is 11. The van der Waals surface area contributed by atoms with Crippen LogP contribution in [0, 0.1) is 17.0 Å². The lowest BCUT2D eigenvalue weighted by atomic mass is 10.1. The summed E-state index contributed by atoms with van der Waals surface area (Å²) in [6, 6.07) is 19.1. The highest BCUT2D eigenvalue weighted by Crippen LogP contribution is 2.29. The zero-order valence-corrected chi connectivity index (χ0v) is 22.9. The van der Waals surface area contributed by atoms with Gasteiger partial charge in [0.15, 0.2) is 0 Å². The summed E-state index contributed by atoms with van der Waals surface area (Å²) in [7, 11) is -3.01. The predicted octanol–water partition coefficient (Wildman–Crippen LogP) is 4.27. The Hall–Kier alpha value is -5.17. The Morgan fingerprint density at radius 2 is 1.76 bits per heavy atom. The molecule has 212 valence electrons. The number of carbonyl (C=O) groups is 2. The van der Waals surface area contributed by atoms with Crippen LogP contribution in [0.15, 0.2) is 94.4 Å². The van der Waals surface area contributed by atoms with Crippen LogP contribution in [-0.2, 0) is 21.4 Å². The molecule has 0 unspecified atom stereocenters. The lowest BCUT2D eigenvalue weighted by Gasteiger charge is -2.24. The number of benzene rings is 3. The Morgan fingerprint density at radius 1 is 1.02 bits per heavy atom. The number of nitro groups is 1. The Bertz CT molecular complexity index is 1670. The number of nitro benzene ring substituents is 1. The number of aryl methyl sites for hydroxylation is 1. The molecule has 0 radical (unpaired) electrons. The molecule has 0 saturated carbocycles. The van der Waals surface area contributed by atoms with Crippen LogP contribution in [0.2, 0.25) is 0 Å². The van der Waals surface area contributed by atoms with Gasteiger partial charge in [-0.2, -0.15) is 0 Å². The second-order valence-electron chi connectivity index (χ2n) is 8.77. The number of sulfonamides is 1. The molecule has 2 amide bonds. The third-order valence-electron chi connectivity index (χ3n) is 6.06. The fraction of sp³-hybridized carbons (Fsp3) is 0.143. The van der Waals surface area contributed by atoms with E-state index in [1.54, 1.807) is 24.3 Å². The minimum atomic E-state index is -4.46. The number of furan rings is 1. The average molecular weight is 579 g/mol. The van der Waals surface area contributed by atoms with Gasteiger partial charge in [0.1, 0.15) is 18.1 Å². The van der Waals surface area contributed by atoms with Gasteiger partial charge in [0.05, 0.1) is 46.7 Å². The summed E-state index contributed by atoms with van der Waals surface area (Å²) in [5.41, 5.74) is 0.339. The third kappa shape index (κ3) is 6.70. The predicted molar refractivity (Wildman–Crippen MR) is 150 cm³/mol. The summed E-state index contributed by atoms with van der Waals surface area (Å²) >= 11 is 0. The molecular formula is C28H26N4O8S. The lowest BCUT2D eigenvalue weighted by molar-refractivity contribution is -0.385. The number of anilines is 2. The Balaban J connectivity index is 1.62. The normalized spacial score (nSPS) is 11.0. The van der Waals surface area contributed by atoms with Crippen molar-refractivity contribution in [3.63, 3.8) is 0 Å². The maximum atomic E-state index is 13.8. The summed E-state index contributed by atoms with van der Waals surface area (Å²) in [5, 5.41) is 16.8. The number of hydrogen-bond acceptors (Lipinski definition) is 8. The lowest BCUT2D eigenvalue weighted by Crippen LogP contribution is -2.38. The van der Waals surface area contributed by atoms with Gasteiger partial charge < -0.3 is 19.8 Å². The fourth-order valence-corrected chi connectivity index (χ4v) is 5.36. The summed E-state index contributed by atoms with van der Waals surface area (Å²) in [4.78, 5) is 36.5. The molecule has 0 fully saturated rings. The van der Waals surface area contributed by atoms with Crippen LogP contribution in [-0.4, -0.2) is 38.8 Å². The van der Waals surface area contributed by atoms with E-state index in [9.17, 15) is 28.1 Å². The van der Waals surface area contributed by atoms with Crippen LogP contribution in [0.5, 0.6) is 5.75 Å². The molecule has 0 aliphatic carbocycles. The first-order valence-corrected chi connectivity index (χ1v) is 13.7. The second kappa shape index (κ2) is 12.3. The van der Waals surface area contributed by atoms with Crippen molar-refractivity contribution < 1.29 is 32.1 Å². The summed E-state index contributed by atoms with van der Waals surface area (Å²) in [5.74, 6) is -0.242. The number of hydrogen-bond donors (Lipinski definition) is 2. The third-order valence-corrected chi connectivity index (χ3v) is 7.83. The van der Waals surface area contributed by atoms with E-state index in [-0.39, 0.29) is 39.6 Å². The molecular weight excluding hydrogens is 552 g/mol. The SMILES string of the molecule is COc1ccc(N(CC(=O)Nc2ccccc2C(=O)NCc2ccco2)S(=O)(=O)c2ccc(C)c([N+](=O)[O-])c2)cc1. The molecule has 3 aromatic carbocycles. The van der Waals surface area contributed by atoms with E-state index < -0.39 is 33.3 Å². The molecule has 1 heterocycles. The molecule has 4 aromatic rings. The van der Waals surface area contributed by atoms with Crippen molar-refractivity contribution in [2.45, 2.75) is 18.4 Å². The highest BCUT2D eigenvalue weighted by molar-refractivity contribution is 7.92. The Labute approximate surface area is 235 Å². The molecule has 4 rings (SSSR count). The number of para-hydroxylation sites is 1. The Kier molecular flexibility index (Phi) is 8.68. The molecule has 12 nitrogen and oxygen atoms in total. The topological polar surface area (TPSA) is 161 Å². The van der Waals surface area contributed by atoms with Gasteiger partial charge in [-0.3, -0.25) is 24.0 Å². The molecule has 13 heteroatoms. The van der Waals surface area contributed by atoms with Crippen LogP contribution in [0.25, 0.3) is 0 Å². The molecule has 1 aromatic heterocycles. The second-order valence-corrected chi connectivity index (χ2v) is 10.6. The molecule has 0 saturated heterocycles. The van der Waals surface area contributed by atoms with Crippen molar-refractivity contribution >= 4 is 38.9 Å². The highest BCUT2D eigenvalue weighted by atomic mass is 32.2. The van der Waals surface area contributed by atoms with Crippen molar-refractivity contribution in [3.05, 3.63) is 112 Å². The smallest absolute Gasteiger partial charge is 0.273 e. The van der Waals surface area contributed by atoms with Gasteiger partial charge in [-0.25, -0.2) is 8.42 Å². The first-order chi connectivity index (χ1) is 19.6. The van der Waals surface area contributed by atoms with E-state index >= 15 is 0 Å². The molecule has 0 aliphatic rings. The van der Waals surface area contributed by atoms with Crippen molar-refractivity contribution in [2.75, 3.05) is 23.3 Å². The molecule has 2 N–H and O–H groups in total. The monoisotopic (exact) mass is 578 g/mol. The van der Waals surface area contributed by atoms with E-state index in [2.05, 4.69) is 10.6 Å². The number of nitrogens with zero attached hydrogens (tertiary/aromatic N) is 2. The Morgan fingerprint density at radius 3 is 2.41 bits per heavy atom. The van der Waals surface area contributed by atoms with Gasteiger partial charge in [-0.15, -0.1) is 0 Å². The molecule has 0 atom stereocenters. The van der Waals surface area contributed by atoms with E-state index in [0.717, 1.165) is 10.4 Å². The molecule has 41 heavy (non-hydrogen) atoms. The fourth-order valence-electron chi connectivity index (χ4n) is 3.92. The first-order valence-electron chi connectivity index (χ1n) is 12.2. The van der Waals surface area contributed by atoms with Crippen LogP contribution in [0.3, 0.4) is 0 Å². The molecule has 0 spiro atoms. The van der Waals surface area contributed by atoms with Gasteiger partial charge in [-0.05, 0) is 61.5 Å². The average Bonchev–Trinajstić information content (AvgIpc) is 3.49. The van der Waals surface area contributed by atoms with Crippen molar-refractivity contribution in [1.82, 2.24) is 5.32 Å². The number of amides is 2. The van der Waals surface area contributed by atoms with Gasteiger partial charge in [0.2, 0.25) is 5.91 Å². The van der Waals surface area contributed by atoms with Crippen LogP contribution >= 0.6 is 0 Å². The van der Waals surface area contributed by atoms with Crippen LogP contribution in [0.1, 0.15) is 21.7 Å².